The van der Waals surface area contributed by atoms with Crippen LogP contribution >= 0.6 is 0 Å². The average Bonchev–Trinajstić information content (AvgIpc) is 2.17. The molecule has 1 aromatic heterocycles. The topological polar surface area (TPSA) is 75.9 Å². The molecule has 0 radical (unpaired) electrons. The third-order valence-corrected chi connectivity index (χ3v) is 1.76. The molecule has 1 heterocycles. The predicted octanol–water partition coefficient (Wildman–Crippen LogP) is 0.587. The summed E-state index contributed by atoms with van der Waals surface area (Å²) >= 11 is 0. The zero-order valence-electron chi connectivity index (χ0n) is 8.67. The number of nitrogens with one attached hydrogen (secondary N) is 2. The highest BCUT2D eigenvalue weighted by Gasteiger charge is 1.98. The highest BCUT2D eigenvalue weighted by molar-refractivity contribution is 5.41. The van der Waals surface area contributed by atoms with Crippen molar-refractivity contribution in [3.8, 4) is 0 Å². The molecule has 14 heavy (non-hydrogen) atoms. The molecule has 0 atom stereocenters. The molecule has 0 aliphatic heterocycles. The van der Waals surface area contributed by atoms with Crippen LogP contribution in [0.5, 0.6) is 0 Å². The molecule has 0 saturated carbocycles. The van der Waals surface area contributed by atoms with E-state index in [0.717, 1.165) is 24.5 Å². The Kier molecular flexibility index (Phi) is 4.12. The predicted molar refractivity (Wildman–Crippen MR) is 58.5 cm³/mol. The molecule has 5 nitrogen and oxygen atoms in total. The van der Waals surface area contributed by atoms with Gasteiger partial charge in [0.25, 0.3) is 0 Å². The van der Waals surface area contributed by atoms with E-state index in [1.54, 1.807) is 7.05 Å². The summed E-state index contributed by atoms with van der Waals surface area (Å²) < 4.78 is 0. The lowest BCUT2D eigenvalue weighted by Gasteiger charge is -2.07. The summed E-state index contributed by atoms with van der Waals surface area (Å²) in [5.41, 5.74) is 6.34. The van der Waals surface area contributed by atoms with Gasteiger partial charge >= 0.3 is 0 Å². The normalized spacial score (nSPS) is 9.93. The molecule has 0 spiro atoms. The summed E-state index contributed by atoms with van der Waals surface area (Å²) in [6, 6.07) is 1.91. The first-order valence-electron chi connectivity index (χ1n) is 4.73. The van der Waals surface area contributed by atoms with Crippen LogP contribution in [-0.4, -0.2) is 30.1 Å². The Balaban J connectivity index is 2.62. The van der Waals surface area contributed by atoms with Crippen molar-refractivity contribution in [3.63, 3.8) is 0 Å². The molecule has 78 valence electrons. The molecular formula is C9H17N5. The van der Waals surface area contributed by atoms with E-state index in [2.05, 4.69) is 20.6 Å². The fourth-order valence-corrected chi connectivity index (χ4v) is 1.09. The smallest absolute Gasteiger partial charge is 0.224 e. The largest absolute Gasteiger partial charge is 0.370 e. The first kappa shape index (κ1) is 10.7. The zero-order chi connectivity index (χ0) is 10.4. The van der Waals surface area contributed by atoms with Crippen LogP contribution in [0.1, 0.15) is 12.1 Å². The molecule has 0 amide bonds. The Morgan fingerprint density at radius 2 is 2.21 bits per heavy atom. The van der Waals surface area contributed by atoms with Gasteiger partial charge in [-0.25, -0.2) is 4.98 Å². The number of hydrogen-bond donors (Lipinski definition) is 3. The van der Waals surface area contributed by atoms with Gasteiger partial charge in [-0.15, -0.1) is 0 Å². The first-order valence-corrected chi connectivity index (χ1v) is 4.73. The zero-order valence-corrected chi connectivity index (χ0v) is 8.67. The fourth-order valence-electron chi connectivity index (χ4n) is 1.09. The molecule has 0 aromatic carbocycles. The molecule has 1 aromatic rings. The van der Waals surface area contributed by atoms with Crippen LogP contribution in [0.4, 0.5) is 11.8 Å². The molecule has 0 aliphatic carbocycles. The SMILES string of the molecule is CNc1nc(C)cc(NCCCN)n1. The van der Waals surface area contributed by atoms with Crippen molar-refractivity contribution >= 4 is 11.8 Å². The summed E-state index contributed by atoms with van der Waals surface area (Å²) in [4.78, 5) is 8.44. The lowest BCUT2D eigenvalue weighted by molar-refractivity contribution is 0.868. The number of aryl methyl sites for hydroxylation is 1. The molecule has 5 heteroatoms. The van der Waals surface area contributed by atoms with Crippen LogP contribution in [0.25, 0.3) is 0 Å². The van der Waals surface area contributed by atoms with Crippen LogP contribution in [0, 0.1) is 6.92 Å². The highest BCUT2D eigenvalue weighted by Crippen LogP contribution is 2.08. The van der Waals surface area contributed by atoms with Crippen molar-refractivity contribution in [1.82, 2.24) is 9.97 Å². The van der Waals surface area contributed by atoms with E-state index in [9.17, 15) is 0 Å². The van der Waals surface area contributed by atoms with Gasteiger partial charge in [-0.3, -0.25) is 0 Å². The van der Waals surface area contributed by atoms with Crippen molar-refractivity contribution in [1.29, 1.82) is 0 Å². The summed E-state index contributed by atoms with van der Waals surface area (Å²) in [5.74, 6) is 1.48. The van der Waals surface area contributed by atoms with E-state index in [-0.39, 0.29) is 0 Å². The van der Waals surface area contributed by atoms with Gasteiger partial charge in [-0.2, -0.15) is 4.98 Å². The standard InChI is InChI=1S/C9H17N5/c1-7-6-8(12-5-3-4-10)14-9(11-2)13-7/h6H,3-5,10H2,1-2H3,(H2,11,12,13,14). The third-order valence-electron chi connectivity index (χ3n) is 1.76. The van der Waals surface area contributed by atoms with Gasteiger partial charge in [-0.05, 0) is 19.9 Å². The average molecular weight is 195 g/mol. The second-order valence-electron chi connectivity index (χ2n) is 3.04. The van der Waals surface area contributed by atoms with Gasteiger partial charge in [0.2, 0.25) is 5.95 Å². The summed E-state index contributed by atoms with van der Waals surface area (Å²) in [7, 11) is 1.80. The fraction of sp³-hybridized carbons (Fsp3) is 0.556. The first-order chi connectivity index (χ1) is 6.76. The quantitative estimate of drug-likeness (QED) is 0.599. The van der Waals surface area contributed by atoms with Gasteiger partial charge in [0.15, 0.2) is 0 Å². The molecule has 0 unspecified atom stereocenters. The Bertz CT molecular complexity index is 287. The van der Waals surface area contributed by atoms with Crippen LogP contribution in [0.2, 0.25) is 0 Å². The molecule has 0 aliphatic rings. The van der Waals surface area contributed by atoms with Crippen LogP contribution < -0.4 is 16.4 Å². The number of rotatable bonds is 5. The maximum Gasteiger partial charge on any atom is 0.224 e. The van der Waals surface area contributed by atoms with Crippen LogP contribution in [0.3, 0.4) is 0 Å². The molecule has 1 rings (SSSR count). The third kappa shape index (κ3) is 3.18. The van der Waals surface area contributed by atoms with Crippen molar-refractivity contribution in [2.75, 3.05) is 30.8 Å². The number of nitrogens with zero attached hydrogens (tertiary/aromatic N) is 2. The maximum atomic E-state index is 5.39. The number of anilines is 2. The second-order valence-corrected chi connectivity index (χ2v) is 3.04. The molecule has 0 fully saturated rings. The van der Waals surface area contributed by atoms with E-state index in [4.69, 9.17) is 5.73 Å². The number of nitrogens with two attached hydrogens (primary N) is 1. The van der Waals surface area contributed by atoms with Gasteiger partial charge in [0.1, 0.15) is 5.82 Å². The Morgan fingerprint density at radius 3 is 2.86 bits per heavy atom. The molecule has 0 saturated heterocycles. The Morgan fingerprint density at radius 1 is 1.43 bits per heavy atom. The number of hydrogen-bond acceptors (Lipinski definition) is 5. The van der Waals surface area contributed by atoms with Gasteiger partial charge in [0, 0.05) is 25.4 Å². The Hall–Kier alpha value is -1.36. The highest BCUT2D eigenvalue weighted by atomic mass is 15.1. The van der Waals surface area contributed by atoms with Crippen LogP contribution in [-0.2, 0) is 0 Å². The minimum Gasteiger partial charge on any atom is -0.370 e. The summed E-state index contributed by atoms with van der Waals surface area (Å²) in [6.07, 6.45) is 0.942. The molecular weight excluding hydrogens is 178 g/mol. The lowest BCUT2D eigenvalue weighted by Crippen LogP contribution is -2.10. The molecule has 4 N–H and O–H groups in total. The van der Waals surface area contributed by atoms with E-state index < -0.39 is 0 Å². The van der Waals surface area contributed by atoms with E-state index >= 15 is 0 Å². The minimum atomic E-state index is 0.639. The monoisotopic (exact) mass is 195 g/mol. The summed E-state index contributed by atoms with van der Waals surface area (Å²) in [5, 5.41) is 6.10. The van der Waals surface area contributed by atoms with E-state index in [0.29, 0.717) is 12.5 Å². The maximum absolute atomic E-state index is 5.39. The lowest BCUT2D eigenvalue weighted by atomic mass is 10.4. The van der Waals surface area contributed by atoms with Crippen molar-refractivity contribution in [2.24, 2.45) is 5.73 Å². The van der Waals surface area contributed by atoms with Gasteiger partial charge < -0.3 is 16.4 Å². The number of aromatic nitrogens is 2. The van der Waals surface area contributed by atoms with Crippen molar-refractivity contribution in [2.45, 2.75) is 13.3 Å². The minimum absolute atomic E-state index is 0.639. The van der Waals surface area contributed by atoms with E-state index in [1.165, 1.54) is 0 Å². The molecule has 0 bridgehead atoms. The summed E-state index contributed by atoms with van der Waals surface area (Å²) in [6.45, 7) is 3.47. The van der Waals surface area contributed by atoms with Crippen molar-refractivity contribution < 1.29 is 0 Å². The Labute approximate surface area is 84.1 Å². The van der Waals surface area contributed by atoms with E-state index in [1.807, 2.05) is 13.0 Å². The van der Waals surface area contributed by atoms with Crippen LogP contribution in [0.15, 0.2) is 6.07 Å². The van der Waals surface area contributed by atoms with Gasteiger partial charge in [0.05, 0.1) is 0 Å². The van der Waals surface area contributed by atoms with Gasteiger partial charge in [-0.1, -0.05) is 0 Å². The van der Waals surface area contributed by atoms with Crippen molar-refractivity contribution in [3.05, 3.63) is 11.8 Å². The second kappa shape index (κ2) is 5.39.